The molecule has 3 rings (SSSR count). The van der Waals surface area contributed by atoms with Crippen molar-refractivity contribution in [3.8, 4) is 0 Å². The maximum Gasteiger partial charge on any atom is 0.0946 e. The molecule has 0 saturated heterocycles. The summed E-state index contributed by atoms with van der Waals surface area (Å²) in [6, 6.07) is 18.3. The summed E-state index contributed by atoms with van der Waals surface area (Å²) in [5, 5.41) is 1.07. The monoisotopic (exact) mass is 340 g/mol. The van der Waals surface area contributed by atoms with Gasteiger partial charge in [-0.05, 0) is 29.8 Å². The van der Waals surface area contributed by atoms with Crippen LogP contribution in [0.4, 0.5) is 0 Å². The van der Waals surface area contributed by atoms with Gasteiger partial charge in [-0.2, -0.15) is 0 Å². The summed E-state index contributed by atoms with van der Waals surface area (Å²) in [6.45, 7) is 0.872. The Labute approximate surface area is 145 Å². The van der Waals surface area contributed by atoms with E-state index >= 15 is 0 Å². The van der Waals surface area contributed by atoms with Crippen molar-refractivity contribution in [2.24, 2.45) is 0 Å². The summed E-state index contributed by atoms with van der Waals surface area (Å²) in [5.74, 6) is 0. The topological polar surface area (TPSA) is 17.8 Å². The molecule has 1 aromatic heterocycles. The van der Waals surface area contributed by atoms with Gasteiger partial charge in [0, 0.05) is 34.1 Å². The summed E-state index contributed by atoms with van der Waals surface area (Å²) < 4.78 is 2.10. The largest absolute Gasteiger partial charge is 0.336 e. The minimum absolute atomic E-state index is 0.311. The van der Waals surface area contributed by atoms with Gasteiger partial charge in [0.2, 0.25) is 0 Å². The summed E-state index contributed by atoms with van der Waals surface area (Å²) >= 11 is 7.79. The number of nitrogens with zero attached hydrogens (tertiary/aromatic N) is 2. The van der Waals surface area contributed by atoms with Crippen molar-refractivity contribution in [1.29, 1.82) is 0 Å². The molecular weight excluding hydrogens is 324 g/mol. The molecular formula is C19H17ClN2S. The second-order valence-electron chi connectivity index (χ2n) is 5.14. The van der Waals surface area contributed by atoms with Crippen molar-refractivity contribution in [3.63, 3.8) is 0 Å². The highest BCUT2D eigenvalue weighted by Crippen LogP contribution is 2.27. The first kappa shape index (κ1) is 15.9. The highest BCUT2D eigenvalue weighted by atomic mass is 35.5. The lowest BCUT2D eigenvalue weighted by Crippen LogP contribution is -2.09. The van der Waals surface area contributed by atoms with Gasteiger partial charge in [0.25, 0.3) is 0 Å². The van der Waals surface area contributed by atoms with Crippen molar-refractivity contribution in [1.82, 2.24) is 9.55 Å². The third-order valence-corrected chi connectivity index (χ3v) is 4.76. The van der Waals surface area contributed by atoms with E-state index in [9.17, 15) is 0 Å². The van der Waals surface area contributed by atoms with Gasteiger partial charge >= 0.3 is 0 Å². The molecule has 0 bridgehead atoms. The summed E-state index contributed by atoms with van der Waals surface area (Å²) in [5.41, 5.74) is 1.21. The van der Waals surface area contributed by atoms with Crippen LogP contribution >= 0.6 is 23.4 Å². The van der Waals surface area contributed by atoms with Gasteiger partial charge in [0.05, 0.1) is 6.33 Å². The number of halogens is 1. The minimum Gasteiger partial charge on any atom is -0.336 e. The molecule has 1 heterocycles. The standard InChI is InChI=1S/C19H17ClN2S/c20-17-7-10-18(11-8-17)23-19(14-22-13-12-21-15-22)9-6-16-4-2-1-3-5-16/h1-13,15,19H,14H2. The van der Waals surface area contributed by atoms with Gasteiger partial charge in [-0.15, -0.1) is 11.8 Å². The second kappa shape index (κ2) is 8.04. The van der Waals surface area contributed by atoms with Crippen LogP contribution in [0.25, 0.3) is 6.08 Å². The summed E-state index contributed by atoms with van der Waals surface area (Å²) in [7, 11) is 0. The van der Waals surface area contributed by atoms with Crippen molar-refractivity contribution in [3.05, 3.63) is 90.0 Å². The Bertz CT molecular complexity index is 737. The van der Waals surface area contributed by atoms with Gasteiger partial charge in [0.1, 0.15) is 0 Å². The van der Waals surface area contributed by atoms with Gasteiger partial charge in [-0.25, -0.2) is 4.98 Å². The molecule has 0 saturated carbocycles. The number of thioether (sulfide) groups is 1. The Morgan fingerprint density at radius 2 is 1.87 bits per heavy atom. The van der Waals surface area contributed by atoms with E-state index in [1.54, 1.807) is 0 Å². The van der Waals surface area contributed by atoms with Crippen LogP contribution in [-0.2, 0) is 6.54 Å². The Morgan fingerprint density at radius 1 is 1.09 bits per heavy atom. The summed E-state index contributed by atoms with van der Waals surface area (Å²) in [4.78, 5) is 5.33. The van der Waals surface area contributed by atoms with Crippen molar-refractivity contribution in [2.45, 2.75) is 16.7 Å². The molecule has 0 amide bonds. The molecule has 116 valence electrons. The van der Waals surface area contributed by atoms with E-state index in [0.29, 0.717) is 5.25 Å². The normalized spacial score (nSPS) is 12.6. The highest BCUT2D eigenvalue weighted by Gasteiger charge is 2.08. The van der Waals surface area contributed by atoms with Crippen molar-refractivity contribution < 1.29 is 0 Å². The fraction of sp³-hybridized carbons (Fsp3) is 0.105. The Balaban J connectivity index is 1.75. The maximum absolute atomic E-state index is 5.97. The third-order valence-electron chi connectivity index (χ3n) is 3.35. The molecule has 0 N–H and O–H groups in total. The Hall–Kier alpha value is -1.97. The number of hydrogen-bond donors (Lipinski definition) is 0. The molecule has 23 heavy (non-hydrogen) atoms. The van der Waals surface area contributed by atoms with Gasteiger partial charge in [0.15, 0.2) is 0 Å². The molecule has 2 aromatic carbocycles. The van der Waals surface area contributed by atoms with E-state index < -0.39 is 0 Å². The SMILES string of the molecule is Clc1ccc(SC(C=Cc2ccccc2)Cn2ccnc2)cc1. The predicted molar refractivity (Wildman–Crippen MR) is 98.8 cm³/mol. The van der Waals surface area contributed by atoms with Crippen LogP contribution in [0.2, 0.25) is 5.02 Å². The number of rotatable bonds is 6. The summed E-state index contributed by atoms with van der Waals surface area (Å²) in [6.07, 6.45) is 10.1. The molecule has 0 fully saturated rings. The van der Waals surface area contributed by atoms with E-state index in [0.717, 1.165) is 11.6 Å². The zero-order valence-corrected chi connectivity index (χ0v) is 14.1. The van der Waals surface area contributed by atoms with Crippen molar-refractivity contribution in [2.75, 3.05) is 0 Å². The first-order valence-electron chi connectivity index (χ1n) is 7.41. The number of imidazole rings is 1. The first-order chi connectivity index (χ1) is 11.3. The van der Waals surface area contributed by atoms with Crippen LogP contribution in [0.5, 0.6) is 0 Å². The molecule has 2 nitrogen and oxygen atoms in total. The Kier molecular flexibility index (Phi) is 5.56. The lowest BCUT2D eigenvalue weighted by molar-refractivity contribution is 0.720. The highest BCUT2D eigenvalue weighted by molar-refractivity contribution is 8.00. The number of hydrogen-bond acceptors (Lipinski definition) is 2. The molecule has 0 radical (unpaired) electrons. The molecule has 3 aromatic rings. The maximum atomic E-state index is 5.97. The molecule has 0 aliphatic carbocycles. The quantitative estimate of drug-likeness (QED) is 0.558. The smallest absolute Gasteiger partial charge is 0.0946 e. The van der Waals surface area contributed by atoms with Crippen molar-refractivity contribution >= 4 is 29.4 Å². The second-order valence-corrected chi connectivity index (χ2v) is 6.89. The van der Waals surface area contributed by atoms with Crippen LogP contribution in [0.3, 0.4) is 0 Å². The average molecular weight is 341 g/mol. The molecule has 1 atom stereocenters. The van der Waals surface area contributed by atoms with E-state index in [4.69, 9.17) is 11.6 Å². The zero-order chi connectivity index (χ0) is 15.9. The van der Waals surface area contributed by atoms with Crippen LogP contribution in [0.15, 0.2) is 84.3 Å². The predicted octanol–water partition coefficient (Wildman–Crippen LogP) is 5.41. The lowest BCUT2D eigenvalue weighted by Gasteiger charge is -2.13. The number of aromatic nitrogens is 2. The molecule has 0 spiro atoms. The van der Waals surface area contributed by atoms with E-state index in [2.05, 4.69) is 58.1 Å². The van der Waals surface area contributed by atoms with E-state index in [1.807, 2.05) is 48.7 Å². The van der Waals surface area contributed by atoms with E-state index in [1.165, 1.54) is 10.5 Å². The minimum atomic E-state index is 0.311. The van der Waals surface area contributed by atoms with Crippen LogP contribution < -0.4 is 0 Å². The fourth-order valence-electron chi connectivity index (χ4n) is 2.21. The van der Waals surface area contributed by atoms with Crippen LogP contribution in [0.1, 0.15) is 5.56 Å². The average Bonchev–Trinajstić information content (AvgIpc) is 3.09. The third kappa shape index (κ3) is 5.02. The molecule has 1 unspecified atom stereocenters. The Morgan fingerprint density at radius 3 is 2.57 bits per heavy atom. The lowest BCUT2D eigenvalue weighted by atomic mass is 10.2. The zero-order valence-electron chi connectivity index (χ0n) is 12.5. The van der Waals surface area contributed by atoms with Gasteiger partial charge in [-0.3, -0.25) is 0 Å². The molecule has 4 heteroatoms. The number of benzene rings is 2. The fourth-order valence-corrected chi connectivity index (χ4v) is 3.38. The van der Waals surface area contributed by atoms with Crippen LogP contribution in [-0.4, -0.2) is 14.8 Å². The van der Waals surface area contributed by atoms with Crippen LogP contribution in [0, 0.1) is 0 Å². The molecule has 0 aliphatic rings. The van der Waals surface area contributed by atoms with Gasteiger partial charge < -0.3 is 4.57 Å². The van der Waals surface area contributed by atoms with E-state index in [-0.39, 0.29) is 0 Å². The first-order valence-corrected chi connectivity index (χ1v) is 8.66. The molecule has 0 aliphatic heterocycles. The van der Waals surface area contributed by atoms with Gasteiger partial charge in [-0.1, -0.05) is 54.1 Å².